The van der Waals surface area contributed by atoms with E-state index in [1.807, 2.05) is 12.1 Å². The second-order valence-electron chi connectivity index (χ2n) is 6.42. The molecule has 110 valence electrons. The fraction of sp³-hybridized carbons (Fsp3) is 0.647. The van der Waals surface area contributed by atoms with Crippen molar-refractivity contribution in [2.24, 2.45) is 5.92 Å². The fourth-order valence-electron chi connectivity index (χ4n) is 3.90. The lowest BCUT2D eigenvalue weighted by Gasteiger charge is -2.24. The number of nitrogens with one attached hydrogen (secondary N) is 1. The van der Waals surface area contributed by atoms with Crippen LogP contribution in [0.2, 0.25) is 5.02 Å². The van der Waals surface area contributed by atoms with E-state index in [2.05, 4.69) is 5.32 Å². The maximum Gasteiger partial charge on any atom is 0.145 e. The summed E-state index contributed by atoms with van der Waals surface area (Å²) >= 11 is 5.89. The number of rotatable bonds is 3. The molecular weight excluding hydrogens is 273 g/mol. The highest BCUT2D eigenvalue weighted by Crippen LogP contribution is 2.35. The summed E-state index contributed by atoms with van der Waals surface area (Å²) in [7, 11) is 0. The molecule has 20 heavy (non-hydrogen) atoms. The van der Waals surface area contributed by atoms with Crippen molar-refractivity contribution in [3.63, 3.8) is 0 Å². The second-order valence-corrected chi connectivity index (χ2v) is 6.83. The molecule has 2 unspecified atom stereocenters. The third-order valence-electron chi connectivity index (χ3n) is 4.99. The minimum absolute atomic E-state index is 0.223. The van der Waals surface area contributed by atoms with Gasteiger partial charge >= 0.3 is 0 Å². The molecule has 1 N–H and O–H groups in total. The SMILES string of the molecule is Fc1c(Cl)cccc1C1CNC(CC2CCCCC2)C1. The molecule has 1 aromatic rings. The van der Waals surface area contributed by atoms with Crippen molar-refractivity contribution in [2.75, 3.05) is 6.54 Å². The first-order valence-corrected chi connectivity index (χ1v) is 8.29. The summed E-state index contributed by atoms with van der Waals surface area (Å²) in [6, 6.07) is 5.93. The standard InChI is InChI=1S/C17H23ClFN/c18-16-8-4-7-15(17(16)19)13-10-14(20-11-13)9-12-5-2-1-3-6-12/h4,7-8,12-14,20H,1-3,5-6,9-11H2. The molecule has 0 aromatic heterocycles. The molecular formula is C17H23ClFN. The Balaban J connectivity index is 1.60. The van der Waals surface area contributed by atoms with E-state index in [9.17, 15) is 4.39 Å². The molecule has 3 rings (SSSR count). The van der Waals surface area contributed by atoms with Gasteiger partial charge in [-0.15, -0.1) is 0 Å². The largest absolute Gasteiger partial charge is 0.313 e. The minimum Gasteiger partial charge on any atom is -0.313 e. The molecule has 0 radical (unpaired) electrons. The Morgan fingerprint density at radius 2 is 2.00 bits per heavy atom. The molecule has 0 bridgehead atoms. The Morgan fingerprint density at radius 3 is 2.80 bits per heavy atom. The third-order valence-corrected chi connectivity index (χ3v) is 5.28. The molecule has 0 spiro atoms. The Kier molecular flexibility index (Phi) is 4.62. The summed E-state index contributed by atoms with van der Waals surface area (Å²) < 4.78 is 14.1. The Labute approximate surface area is 125 Å². The van der Waals surface area contributed by atoms with E-state index in [-0.39, 0.29) is 16.8 Å². The maximum atomic E-state index is 14.1. The van der Waals surface area contributed by atoms with Gasteiger partial charge in [0.15, 0.2) is 0 Å². The highest BCUT2D eigenvalue weighted by atomic mass is 35.5. The predicted octanol–water partition coefficient (Wildman–Crippen LogP) is 4.90. The molecule has 1 saturated carbocycles. The smallest absolute Gasteiger partial charge is 0.145 e. The molecule has 2 atom stereocenters. The van der Waals surface area contributed by atoms with Crippen molar-refractivity contribution in [1.82, 2.24) is 5.32 Å². The van der Waals surface area contributed by atoms with Gasteiger partial charge in [-0.2, -0.15) is 0 Å². The Morgan fingerprint density at radius 1 is 1.20 bits per heavy atom. The lowest BCUT2D eigenvalue weighted by atomic mass is 9.83. The van der Waals surface area contributed by atoms with E-state index < -0.39 is 0 Å². The van der Waals surface area contributed by atoms with Gasteiger partial charge < -0.3 is 5.32 Å². The molecule has 1 aliphatic heterocycles. The van der Waals surface area contributed by atoms with Crippen LogP contribution < -0.4 is 5.32 Å². The summed E-state index contributed by atoms with van der Waals surface area (Å²) in [5.74, 6) is 0.936. The zero-order chi connectivity index (χ0) is 13.9. The third kappa shape index (κ3) is 3.17. The van der Waals surface area contributed by atoms with Crippen molar-refractivity contribution in [1.29, 1.82) is 0 Å². The van der Waals surface area contributed by atoms with Crippen LogP contribution in [0.4, 0.5) is 4.39 Å². The molecule has 1 aliphatic carbocycles. The quantitative estimate of drug-likeness (QED) is 0.837. The highest BCUT2D eigenvalue weighted by Gasteiger charge is 2.29. The van der Waals surface area contributed by atoms with Gasteiger partial charge in [0.05, 0.1) is 5.02 Å². The second kappa shape index (κ2) is 6.44. The first-order valence-electron chi connectivity index (χ1n) is 7.91. The molecule has 2 fully saturated rings. The van der Waals surface area contributed by atoms with Crippen LogP contribution in [0.15, 0.2) is 18.2 Å². The number of hydrogen-bond acceptors (Lipinski definition) is 1. The van der Waals surface area contributed by atoms with Crippen LogP contribution in [0, 0.1) is 11.7 Å². The normalized spacial score (nSPS) is 27.9. The van der Waals surface area contributed by atoms with Gasteiger partial charge in [-0.05, 0) is 30.4 Å². The summed E-state index contributed by atoms with van der Waals surface area (Å²) in [6.07, 6.45) is 9.27. The average molecular weight is 296 g/mol. The van der Waals surface area contributed by atoms with E-state index >= 15 is 0 Å². The van der Waals surface area contributed by atoms with Gasteiger partial charge in [0.2, 0.25) is 0 Å². The van der Waals surface area contributed by atoms with Crippen LogP contribution in [0.1, 0.15) is 56.4 Å². The Bertz CT molecular complexity index is 456. The van der Waals surface area contributed by atoms with E-state index in [4.69, 9.17) is 11.6 Å². The van der Waals surface area contributed by atoms with Gasteiger partial charge in [-0.1, -0.05) is 55.8 Å². The minimum atomic E-state index is -0.223. The molecule has 1 heterocycles. The van der Waals surface area contributed by atoms with Crippen LogP contribution in [0.3, 0.4) is 0 Å². The van der Waals surface area contributed by atoms with Crippen LogP contribution in [0.5, 0.6) is 0 Å². The summed E-state index contributed by atoms with van der Waals surface area (Å²) in [6.45, 7) is 0.884. The van der Waals surface area contributed by atoms with Gasteiger partial charge in [0, 0.05) is 18.5 Å². The van der Waals surface area contributed by atoms with E-state index in [0.29, 0.717) is 6.04 Å². The first-order chi connectivity index (χ1) is 9.74. The summed E-state index contributed by atoms with van der Waals surface area (Å²) in [5.41, 5.74) is 0.788. The molecule has 1 saturated heterocycles. The zero-order valence-electron chi connectivity index (χ0n) is 11.9. The van der Waals surface area contributed by atoms with Crippen molar-refractivity contribution in [3.05, 3.63) is 34.6 Å². The number of hydrogen-bond donors (Lipinski definition) is 1. The van der Waals surface area contributed by atoms with Gasteiger partial charge in [-0.3, -0.25) is 0 Å². The van der Waals surface area contributed by atoms with Crippen LogP contribution >= 0.6 is 11.6 Å². The molecule has 0 amide bonds. The van der Waals surface area contributed by atoms with Crippen molar-refractivity contribution < 1.29 is 4.39 Å². The maximum absolute atomic E-state index is 14.1. The lowest BCUT2D eigenvalue weighted by Crippen LogP contribution is -2.25. The molecule has 3 heteroatoms. The average Bonchev–Trinajstić information content (AvgIpc) is 2.91. The van der Waals surface area contributed by atoms with E-state index in [1.54, 1.807) is 6.07 Å². The summed E-state index contributed by atoms with van der Waals surface area (Å²) in [5, 5.41) is 3.84. The Hall–Kier alpha value is -0.600. The van der Waals surface area contributed by atoms with Gasteiger partial charge in [0.25, 0.3) is 0 Å². The predicted molar refractivity (Wildman–Crippen MR) is 81.8 cm³/mol. The molecule has 2 aliphatic rings. The molecule has 1 aromatic carbocycles. The number of benzene rings is 1. The van der Waals surface area contributed by atoms with Gasteiger partial charge in [-0.25, -0.2) is 4.39 Å². The van der Waals surface area contributed by atoms with Crippen LogP contribution in [-0.4, -0.2) is 12.6 Å². The van der Waals surface area contributed by atoms with E-state index in [0.717, 1.165) is 24.4 Å². The first kappa shape index (κ1) is 14.3. The lowest BCUT2D eigenvalue weighted by molar-refractivity contribution is 0.308. The van der Waals surface area contributed by atoms with E-state index in [1.165, 1.54) is 38.5 Å². The van der Waals surface area contributed by atoms with Crippen molar-refractivity contribution in [2.45, 2.75) is 56.9 Å². The van der Waals surface area contributed by atoms with Crippen molar-refractivity contribution in [3.8, 4) is 0 Å². The van der Waals surface area contributed by atoms with Gasteiger partial charge in [0.1, 0.15) is 5.82 Å². The molecule has 1 nitrogen and oxygen atoms in total. The fourth-order valence-corrected chi connectivity index (χ4v) is 4.08. The van der Waals surface area contributed by atoms with Crippen LogP contribution in [-0.2, 0) is 0 Å². The van der Waals surface area contributed by atoms with Crippen LogP contribution in [0.25, 0.3) is 0 Å². The summed E-state index contributed by atoms with van der Waals surface area (Å²) in [4.78, 5) is 0. The number of halogens is 2. The zero-order valence-corrected chi connectivity index (χ0v) is 12.6. The van der Waals surface area contributed by atoms with Crippen molar-refractivity contribution >= 4 is 11.6 Å². The highest BCUT2D eigenvalue weighted by molar-refractivity contribution is 6.30. The topological polar surface area (TPSA) is 12.0 Å². The monoisotopic (exact) mass is 295 g/mol.